The molecule has 0 aliphatic heterocycles. The lowest BCUT2D eigenvalue weighted by Gasteiger charge is -2.18. The quantitative estimate of drug-likeness (QED) is 0.0925. The Morgan fingerprint density at radius 3 is 1.90 bits per heavy atom. The van der Waals surface area contributed by atoms with Crippen molar-refractivity contribution in [3.63, 3.8) is 0 Å². The zero-order valence-corrected chi connectivity index (χ0v) is 27.4. The summed E-state index contributed by atoms with van der Waals surface area (Å²) < 4.78 is 23.2. The fraction of sp³-hybridized carbons (Fsp3) is 0.0541. The molecule has 1 atom stereocenters. The number of sulfonamides is 1. The van der Waals surface area contributed by atoms with Crippen LogP contribution in [0, 0.1) is 6.92 Å². The summed E-state index contributed by atoms with van der Waals surface area (Å²) in [6, 6.07) is 38.1. The van der Waals surface area contributed by atoms with Crippen LogP contribution < -0.4 is 21.1 Å². The van der Waals surface area contributed by atoms with Crippen LogP contribution in [0.2, 0.25) is 0 Å². The van der Waals surface area contributed by atoms with Crippen molar-refractivity contribution >= 4 is 57.0 Å². The largest absolute Gasteiger partial charge is 0.325 e. The molecule has 5 rings (SSSR count). The normalized spacial score (nSPS) is 12.1. The predicted molar refractivity (Wildman–Crippen MR) is 190 cm³/mol. The van der Waals surface area contributed by atoms with Crippen LogP contribution in [0.4, 0.5) is 11.4 Å². The first-order chi connectivity index (χ1) is 23.1. The highest BCUT2D eigenvalue weighted by Crippen LogP contribution is 2.37. The number of nitrogens with two attached hydrogens (primary N) is 1. The van der Waals surface area contributed by atoms with E-state index >= 15 is 0 Å². The molecule has 5 aromatic carbocycles. The van der Waals surface area contributed by atoms with Crippen molar-refractivity contribution in [1.82, 2.24) is 5.32 Å². The number of thioether (sulfide) groups is 1. The summed E-state index contributed by atoms with van der Waals surface area (Å²) in [4.78, 5) is 40.6. The molecule has 0 aromatic heterocycles. The van der Waals surface area contributed by atoms with Gasteiger partial charge in [-0.05, 0) is 90.4 Å². The van der Waals surface area contributed by atoms with Crippen LogP contribution in [0.25, 0.3) is 6.08 Å². The van der Waals surface area contributed by atoms with E-state index in [-0.39, 0.29) is 16.5 Å². The Balaban J connectivity index is 1.32. The van der Waals surface area contributed by atoms with E-state index < -0.39 is 27.1 Å². The number of benzene rings is 5. The number of amides is 3. The monoisotopic (exact) mass is 676 g/mol. The lowest BCUT2D eigenvalue weighted by atomic mass is 10.1. The molecule has 9 nitrogen and oxygen atoms in total. The lowest BCUT2D eigenvalue weighted by Crippen LogP contribution is -2.30. The van der Waals surface area contributed by atoms with Gasteiger partial charge in [-0.1, -0.05) is 72.8 Å². The summed E-state index contributed by atoms with van der Waals surface area (Å²) in [5, 5.41) is 13.0. The van der Waals surface area contributed by atoms with Gasteiger partial charge in [-0.25, -0.2) is 13.6 Å². The minimum atomic E-state index is -3.86. The van der Waals surface area contributed by atoms with E-state index in [0.29, 0.717) is 16.9 Å². The average molecular weight is 677 g/mol. The number of carbonyl (C=O) groups is 3. The highest BCUT2D eigenvalue weighted by Gasteiger charge is 2.23. The van der Waals surface area contributed by atoms with Crippen molar-refractivity contribution in [3.05, 3.63) is 161 Å². The molecule has 0 aliphatic carbocycles. The predicted octanol–water partition coefficient (Wildman–Crippen LogP) is 6.52. The maximum atomic E-state index is 13.5. The Morgan fingerprint density at radius 2 is 1.27 bits per heavy atom. The SMILES string of the molecule is Cc1ccccc1/C=C(\NC(=O)c1ccccc1)C(=O)Nc1ccc(SC(C(=O)Nc2ccc(S(N)(=O)=O)cc2)c2ccccc2)cc1. The van der Waals surface area contributed by atoms with E-state index in [1.807, 2.05) is 61.5 Å². The summed E-state index contributed by atoms with van der Waals surface area (Å²) >= 11 is 1.31. The fourth-order valence-electron chi connectivity index (χ4n) is 4.63. The Labute approximate surface area is 283 Å². The van der Waals surface area contributed by atoms with Crippen molar-refractivity contribution in [1.29, 1.82) is 0 Å². The van der Waals surface area contributed by atoms with Crippen molar-refractivity contribution in [2.45, 2.75) is 22.0 Å². The summed E-state index contributed by atoms with van der Waals surface area (Å²) in [5.41, 5.74) is 3.89. The van der Waals surface area contributed by atoms with Crippen LogP contribution in [0.5, 0.6) is 0 Å². The van der Waals surface area contributed by atoms with Crippen molar-refractivity contribution in [2.75, 3.05) is 10.6 Å². The van der Waals surface area contributed by atoms with Crippen molar-refractivity contribution in [3.8, 4) is 0 Å². The third-order valence-electron chi connectivity index (χ3n) is 7.17. The number of nitrogens with one attached hydrogen (secondary N) is 3. The average Bonchev–Trinajstić information content (AvgIpc) is 3.09. The van der Waals surface area contributed by atoms with Gasteiger partial charge >= 0.3 is 0 Å². The van der Waals surface area contributed by atoms with Gasteiger partial charge < -0.3 is 16.0 Å². The standard InChI is InChI=1S/C37H32N4O5S2/c1-25-10-8-9-15-28(25)24-33(41-35(42)27-13-6-3-7-14-27)36(43)39-29-16-20-31(21-17-29)47-34(26-11-4-2-5-12-26)37(44)40-30-18-22-32(23-19-30)48(38,45)46/h2-24,34H,1H3,(H,39,43)(H,40,44)(H,41,42)(H2,38,45,46)/b33-24-. The molecular formula is C37H32N4O5S2. The van der Waals surface area contributed by atoms with Crippen LogP contribution in [0.15, 0.2) is 149 Å². The smallest absolute Gasteiger partial charge is 0.272 e. The molecule has 0 spiro atoms. The highest BCUT2D eigenvalue weighted by atomic mass is 32.2. The molecule has 0 aliphatic rings. The summed E-state index contributed by atoms with van der Waals surface area (Å²) in [5.74, 6) is -1.23. The van der Waals surface area contributed by atoms with Gasteiger partial charge in [0.25, 0.3) is 11.8 Å². The third kappa shape index (κ3) is 9.07. The summed E-state index contributed by atoms with van der Waals surface area (Å²) in [6.45, 7) is 1.92. The minimum absolute atomic E-state index is 0.0574. The minimum Gasteiger partial charge on any atom is -0.325 e. The molecule has 0 bridgehead atoms. The van der Waals surface area contributed by atoms with E-state index in [1.54, 1.807) is 60.7 Å². The van der Waals surface area contributed by atoms with E-state index in [9.17, 15) is 22.8 Å². The highest BCUT2D eigenvalue weighted by molar-refractivity contribution is 8.00. The molecule has 0 heterocycles. The van der Waals surface area contributed by atoms with Gasteiger partial charge in [0.15, 0.2) is 0 Å². The van der Waals surface area contributed by atoms with Gasteiger partial charge in [-0.15, -0.1) is 11.8 Å². The molecular weight excluding hydrogens is 645 g/mol. The van der Waals surface area contributed by atoms with Crippen LogP contribution in [-0.2, 0) is 19.6 Å². The van der Waals surface area contributed by atoms with Crippen molar-refractivity contribution < 1.29 is 22.8 Å². The number of aryl methyl sites for hydroxylation is 1. The van der Waals surface area contributed by atoms with E-state index in [2.05, 4.69) is 16.0 Å². The number of hydrogen-bond acceptors (Lipinski definition) is 6. The maximum Gasteiger partial charge on any atom is 0.272 e. The van der Waals surface area contributed by atoms with E-state index in [0.717, 1.165) is 21.6 Å². The van der Waals surface area contributed by atoms with Crippen LogP contribution in [-0.4, -0.2) is 26.1 Å². The Bertz CT molecular complexity index is 2050. The number of primary sulfonamides is 1. The Kier molecular flexibility index (Phi) is 10.9. The topological polar surface area (TPSA) is 147 Å². The molecule has 11 heteroatoms. The van der Waals surface area contributed by atoms with Gasteiger partial charge in [-0.3, -0.25) is 14.4 Å². The summed E-state index contributed by atoms with van der Waals surface area (Å²) in [7, 11) is -3.86. The van der Waals surface area contributed by atoms with Crippen LogP contribution in [0.1, 0.15) is 32.3 Å². The maximum absolute atomic E-state index is 13.5. The molecule has 0 radical (unpaired) electrons. The van der Waals surface area contributed by atoms with Crippen LogP contribution >= 0.6 is 11.8 Å². The molecule has 1 unspecified atom stereocenters. The number of rotatable bonds is 11. The van der Waals surface area contributed by atoms with Gasteiger partial charge in [0, 0.05) is 21.8 Å². The first-order valence-corrected chi connectivity index (χ1v) is 17.2. The Hall–Kier alpha value is -5.49. The second kappa shape index (κ2) is 15.4. The molecule has 0 saturated heterocycles. The van der Waals surface area contributed by atoms with Gasteiger partial charge in [-0.2, -0.15) is 0 Å². The van der Waals surface area contributed by atoms with Gasteiger partial charge in [0.1, 0.15) is 10.9 Å². The molecule has 48 heavy (non-hydrogen) atoms. The first-order valence-electron chi connectivity index (χ1n) is 14.8. The van der Waals surface area contributed by atoms with Crippen LogP contribution in [0.3, 0.4) is 0 Å². The second-order valence-electron chi connectivity index (χ2n) is 10.7. The van der Waals surface area contributed by atoms with Gasteiger partial charge in [0.05, 0.1) is 4.90 Å². The second-order valence-corrected chi connectivity index (χ2v) is 13.4. The Morgan fingerprint density at radius 1 is 0.708 bits per heavy atom. The van der Waals surface area contributed by atoms with Gasteiger partial charge in [0.2, 0.25) is 15.9 Å². The number of hydrogen-bond donors (Lipinski definition) is 4. The molecule has 0 fully saturated rings. The lowest BCUT2D eigenvalue weighted by molar-refractivity contribution is -0.116. The molecule has 242 valence electrons. The zero-order chi connectivity index (χ0) is 34.1. The molecule has 5 aromatic rings. The molecule has 0 saturated carbocycles. The molecule has 5 N–H and O–H groups in total. The van der Waals surface area contributed by atoms with Crippen molar-refractivity contribution in [2.24, 2.45) is 5.14 Å². The molecule has 3 amide bonds. The zero-order valence-electron chi connectivity index (χ0n) is 25.8. The summed E-state index contributed by atoms with van der Waals surface area (Å²) in [6.07, 6.45) is 1.64. The number of anilines is 2. The van der Waals surface area contributed by atoms with E-state index in [4.69, 9.17) is 5.14 Å². The third-order valence-corrected chi connectivity index (χ3v) is 9.37. The van der Waals surface area contributed by atoms with E-state index in [1.165, 1.54) is 36.0 Å². The number of carbonyl (C=O) groups excluding carboxylic acids is 3. The first kappa shape index (κ1) is 33.9. The fourth-order valence-corrected chi connectivity index (χ4v) is 6.17.